The molecule has 0 amide bonds. The third-order valence-electron chi connectivity index (χ3n) is 1.43. The zero-order valence-electron chi connectivity index (χ0n) is 6.31. The molecule has 0 aliphatic rings. The lowest BCUT2D eigenvalue weighted by Gasteiger charge is -2.00. The predicted molar refractivity (Wildman–Crippen MR) is 40.7 cm³/mol. The molecule has 1 rings (SSSR count). The van der Waals surface area contributed by atoms with Gasteiger partial charge in [-0.3, -0.25) is 4.98 Å². The maximum Gasteiger partial charge on any atom is 0.182 e. The first-order chi connectivity index (χ1) is 5.77. The van der Waals surface area contributed by atoms with E-state index >= 15 is 0 Å². The van der Waals surface area contributed by atoms with E-state index in [4.69, 9.17) is 15.5 Å². The second kappa shape index (κ2) is 3.81. The molecule has 1 aromatic heterocycles. The maximum atomic E-state index is 9.01. The Morgan fingerprint density at radius 1 is 1.58 bits per heavy atom. The van der Waals surface area contributed by atoms with Gasteiger partial charge in [-0.1, -0.05) is 6.07 Å². The highest BCUT2D eigenvalue weighted by Gasteiger charge is 2.05. The third-order valence-corrected chi connectivity index (χ3v) is 1.43. The molecule has 1 heterocycles. The summed E-state index contributed by atoms with van der Waals surface area (Å²) >= 11 is 0. The molecule has 0 radical (unpaired) electrons. The fourth-order valence-corrected chi connectivity index (χ4v) is 0.757. The highest BCUT2D eigenvalue weighted by Crippen LogP contribution is 2.08. The lowest BCUT2D eigenvalue weighted by Crippen LogP contribution is -1.97. The smallest absolute Gasteiger partial charge is 0.182 e. The quantitative estimate of drug-likeness (QED) is 0.609. The monoisotopic (exact) mass is 164 g/mol. The summed E-state index contributed by atoms with van der Waals surface area (Å²) < 4.78 is 0. The van der Waals surface area contributed by atoms with Gasteiger partial charge in [0.1, 0.15) is 6.07 Å². The van der Waals surface area contributed by atoms with Gasteiger partial charge >= 0.3 is 0 Å². The van der Waals surface area contributed by atoms with E-state index in [0.29, 0.717) is 11.3 Å². The Morgan fingerprint density at radius 2 is 2.33 bits per heavy atom. The summed E-state index contributed by atoms with van der Waals surface area (Å²) in [5, 5.41) is 26.0. The number of hydrogen-bond acceptors (Lipinski definition) is 4. The normalized spacial score (nSPS) is 12.1. The van der Waals surface area contributed by atoms with Gasteiger partial charge in [-0.15, -0.1) is 0 Å². The molecule has 1 atom stereocenters. The van der Waals surface area contributed by atoms with Crippen LogP contribution in [0.5, 0.6) is 0 Å². The summed E-state index contributed by atoms with van der Waals surface area (Å²) in [5.74, 6) is 0. The number of aliphatic hydroxyl groups excluding tert-OH is 2. The second-order valence-electron chi connectivity index (χ2n) is 2.28. The van der Waals surface area contributed by atoms with Crippen LogP contribution >= 0.6 is 0 Å². The van der Waals surface area contributed by atoms with Crippen LogP contribution in [0.1, 0.15) is 17.4 Å². The van der Waals surface area contributed by atoms with Crippen LogP contribution in [0, 0.1) is 11.3 Å². The maximum absolute atomic E-state index is 9.01. The van der Waals surface area contributed by atoms with Gasteiger partial charge in [0.15, 0.2) is 6.10 Å². The molecule has 4 nitrogen and oxygen atoms in total. The van der Waals surface area contributed by atoms with Gasteiger partial charge in [0.05, 0.1) is 12.3 Å². The molecule has 0 fully saturated rings. The molecule has 4 heteroatoms. The molecule has 0 aliphatic heterocycles. The average molecular weight is 164 g/mol. The van der Waals surface area contributed by atoms with Gasteiger partial charge in [0.25, 0.3) is 0 Å². The molecule has 0 aromatic carbocycles. The molecular formula is C8H8N2O2. The Kier molecular flexibility index (Phi) is 2.75. The van der Waals surface area contributed by atoms with E-state index < -0.39 is 6.10 Å². The number of nitriles is 1. The van der Waals surface area contributed by atoms with Crippen LogP contribution < -0.4 is 0 Å². The highest BCUT2D eigenvalue weighted by molar-refractivity contribution is 5.17. The van der Waals surface area contributed by atoms with E-state index in [9.17, 15) is 0 Å². The minimum atomic E-state index is -1.18. The number of pyridine rings is 1. The molecule has 2 N–H and O–H groups in total. The molecule has 62 valence electrons. The van der Waals surface area contributed by atoms with Crippen LogP contribution in [-0.4, -0.2) is 15.2 Å². The minimum absolute atomic E-state index is 0.0874. The molecule has 0 bridgehead atoms. The Morgan fingerprint density at radius 3 is 2.75 bits per heavy atom. The molecular weight excluding hydrogens is 156 g/mol. The van der Waals surface area contributed by atoms with Crippen molar-refractivity contribution in [3.63, 3.8) is 0 Å². The minimum Gasteiger partial charge on any atom is -0.392 e. The van der Waals surface area contributed by atoms with Crippen molar-refractivity contribution in [1.29, 1.82) is 5.26 Å². The number of aromatic nitrogens is 1. The van der Waals surface area contributed by atoms with Crippen LogP contribution in [0.25, 0.3) is 0 Å². The van der Waals surface area contributed by atoms with Crippen molar-refractivity contribution >= 4 is 0 Å². The van der Waals surface area contributed by atoms with Gasteiger partial charge in [-0.2, -0.15) is 5.26 Å². The predicted octanol–water partition coefficient (Wildman–Crippen LogP) is 0.131. The van der Waals surface area contributed by atoms with Crippen molar-refractivity contribution < 1.29 is 10.2 Å². The fraction of sp³-hybridized carbons (Fsp3) is 0.250. The summed E-state index contributed by atoms with van der Waals surface area (Å²) in [5.41, 5.74) is 0.957. The van der Waals surface area contributed by atoms with Crippen molar-refractivity contribution in [3.05, 3.63) is 29.6 Å². The molecule has 12 heavy (non-hydrogen) atoms. The van der Waals surface area contributed by atoms with E-state index in [1.165, 1.54) is 12.3 Å². The molecule has 0 saturated carbocycles. The van der Waals surface area contributed by atoms with E-state index in [1.54, 1.807) is 12.1 Å². The summed E-state index contributed by atoms with van der Waals surface area (Å²) in [6, 6.07) is 4.78. The van der Waals surface area contributed by atoms with Crippen LogP contribution in [0.15, 0.2) is 18.3 Å². The lowest BCUT2D eigenvalue weighted by atomic mass is 10.2. The topological polar surface area (TPSA) is 77.1 Å². The average Bonchev–Trinajstić information content (AvgIpc) is 2.17. The standard InChI is InChI=1S/C8H8N2O2/c9-3-8(12)7-2-1-6(5-11)4-10-7/h1-2,4,8,11-12H,5H2/t8-/m0/s1. The fourth-order valence-electron chi connectivity index (χ4n) is 0.757. The van der Waals surface area contributed by atoms with Gasteiger partial charge in [0, 0.05) is 6.20 Å². The molecule has 0 saturated heterocycles. The zero-order valence-corrected chi connectivity index (χ0v) is 6.31. The van der Waals surface area contributed by atoms with Crippen molar-refractivity contribution in [3.8, 4) is 6.07 Å². The van der Waals surface area contributed by atoms with Crippen LogP contribution in [0.4, 0.5) is 0 Å². The van der Waals surface area contributed by atoms with E-state index in [1.807, 2.05) is 0 Å². The molecule has 0 aliphatic carbocycles. The summed E-state index contributed by atoms with van der Waals surface area (Å²) in [4.78, 5) is 3.79. The van der Waals surface area contributed by atoms with Crippen LogP contribution in [0.3, 0.4) is 0 Å². The van der Waals surface area contributed by atoms with E-state index in [2.05, 4.69) is 4.98 Å². The summed E-state index contributed by atoms with van der Waals surface area (Å²) in [7, 11) is 0. The SMILES string of the molecule is N#C[C@H](O)c1ccc(CO)cn1. The van der Waals surface area contributed by atoms with Gasteiger partial charge in [0.2, 0.25) is 0 Å². The van der Waals surface area contributed by atoms with Crippen LogP contribution in [-0.2, 0) is 6.61 Å². The van der Waals surface area contributed by atoms with Crippen molar-refractivity contribution in [2.75, 3.05) is 0 Å². The molecule has 1 aromatic rings. The number of nitrogens with zero attached hydrogens (tertiary/aromatic N) is 2. The molecule has 0 spiro atoms. The number of aliphatic hydroxyl groups is 2. The first-order valence-electron chi connectivity index (χ1n) is 3.41. The Balaban J connectivity index is 2.86. The lowest BCUT2D eigenvalue weighted by molar-refractivity contribution is 0.230. The number of rotatable bonds is 2. The first-order valence-corrected chi connectivity index (χ1v) is 3.41. The summed E-state index contributed by atoms with van der Waals surface area (Å²) in [6.45, 7) is -0.0874. The Labute approximate surface area is 69.7 Å². The third kappa shape index (κ3) is 1.78. The zero-order chi connectivity index (χ0) is 8.97. The number of hydrogen-bond donors (Lipinski definition) is 2. The second-order valence-corrected chi connectivity index (χ2v) is 2.28. The Bertz CT molecular complexity index is 289. The largest absolute Gasteiger partial charge is 0.392 e. The van der Waals surface area contributed by atoms with Gasteiger partial charge in [-0.05, 0) is 11.6 Å². The summed E-state index contributed by atoms with van der Waals surface area (Å²) in [6.07, 6.45) is 0.244. The van der Waals surface area contributed by atoms with Crippen LogP contribution in [0.2, 0.25) is 0 Å². The first kappa shape index (κ1) is 8.65. The van der Waals surface area contributed by atoms with Crippen molar-refractivity contribution in [2.45, 2.75) is 12.7 Å². The highest BCUT2D eigenvalue weighted by atomic mass is 16.3. The van der Waals surface area contributed by atoms with Crippen molar-refractivity contribution in [2.24, 2.45) is 0 Å². The van der Waals surface area contributed by atoms with E-state index in [-0.39, 0.29) is 6.61 Å². The Hall–Kier alpha value is -1.44. The van der Waals surface area contributed by atoms with Gasteiger partial charge in [-0.25, -0.2) is 0 Å². The molecule has 0 unspecified atom stereocenters. The van der Waals surface area contributed by atoms with Gasteiger partial charge < -0.3 is 10.2 Å². The van der Waals surface area contributed by atoms with E-state index in [0.717, 1.165) is 0 Å². The van der Waals surface area contributed by atoms with Crippen molar-refractivity contribution in [1.82, 2.24) is 4.98 Å².